The smallest absolute Gasteiger partial charge is 0.339 e. The molecule has 10 heteroatoms. The van der Waals surface area contributed by atoms with E-state index in [-0.39, 0.29) is 13.0 Å². The number of benzene rings is 1. The monoisotopic (exact) mass is 401 g/mol. The summed E-state index contributed by atoms with van der Waals surface area (Å²) < 4.78 is 40.0. The number of esters is 2. The Morgan fingerprint density at radius 3 is 2.69 bits per heavy atom. The highest BCUT2D eigenvalue weighted by atomic mass is 35.5. The van der Waals surface area contributed by atoms with Crippen molar-refractivity contribution in [3.63, 3.8) is 0 Å². The first-order chi connectivity index (χ1) is 12.3. The molecule has 2 heterocycles. The third-order valence-corrected chi connectivity index (χ3v) is 6.16. The second-order valence-electron chi connectivity index (χ2n) is 5.70. The molecule has 140 valence electrons. The maximum Gasteiger partial charge on any atom is 0.339 e. The molecular weight excluding hydrogens is 386 g/mol. The van der Waals surface area contributed by atoms with Gasteiger partial charge in [-0.15, -0.1) is 0 Å². The van der Waals surface area contributed by atoms with Gasteiger partial charge in [0.1, 0.15) is 0 Å². The van der Waals surface area contributed by atoms with Gasteiger partial charge in [0, 0.05) is 11.1 Å². The van der Waals surface area contributed by atoms with Crippen molar-refractivity contribution < 1.29 is 31.7 Å². The predicted molar refractivity (Wildman–Crippen MR) is 91.3 cm³/mol. The van der Waals surface area contributed by atoms with Crippen LogP contribution >= 0.6 is 11.6 Å². The Bertz CT molecular complexity index is 896. The first-order valence-electron chi connectivity index (χ1n) is 7.63. The number of halogens is 1. The van der Waals surface area contributed by atoms with E-state index in [1.165, 1.54) is 26.4 Å². The predicted octanol–water partition coefficient (Wildman–Crippen LogP) is 1.76. The highest BCUT2D eigenvalue weighted by molar-refractivity contribution is 7.84. The van der Waals surface area contributed by atoms with E-state index >= 15 is 0 Å². The molecule has 26 heavy (non-hydrogen) atoms. The molecular formula is C16H16ClNO7S. The van der Waals surface area contributed by atoms with Gasteiger partial charge in [-0.2, -0.15) is 12.7 Å². The quantitative estimate of drug-likeness (QED) is 0.559. The molecule has 0 saturated carbocycles. The van der Waals surface area contributed by atoms with Crippen molar-refractivity contribution in [1.82, 2.24) is 4.31 Å². The van der Waals surface area contributed by atoms with Crippen LogP contribution in [0, 0.1) is 0 Å². The van der Waals surface area contributed by atoms with Crippen LogP contribution in [0.15, 0.2) is 18.2 Å². The Labute approximate surface area is 155 Å². The number of ether oxygens (including phenoxy) is 2. The Balaban J connectivity index is 2.15. The van der Waals surface area contributed by atoms with Crippen LogP contribution in [0.5, 0.6) is 0 Å². The van der Waals surface area contributed by atoms with E-state index in [0.717, 1.165) is 4.31 Å². The fourth-order valence-electron chi connectivity index (χ4n) is 3.29. The lowest BCUT2D eigenvalue weighted by Crippen LogP contribution is -2.28. The molecule has 1 aromatic rings. The summed E-state index contributed by atoms with van der Waals surface area (Å²) in [5.74, 6) is -1.12. The van der Waals surface area contributed by atoms with Crippen LogP contribution in [-0.4, -0.2) is 45.5 Å². The molecule has 1 aromatic carbocycles. The van der Waals surface area contributed by atoms with Gasteiger partial charge in [-0.25, -0.2) is 4.79 Å². The topological polar surface area (TPSA) is 99.2 Å². The van der Waals surface area contributed by atoms with E-state index in [4.69, 9.17) is 15.8 Å². The molecule has 0 aromatic heterocycles. The van der Waals surface area contributed by atoms with Crippen molar-refractivity contribution in [2.75, 3.05) is 20.8 Å². The second kappa shape index (κ2) is 6.99. The highest BCUT2D eigenvalue weighted by Gasteiger charge is 2.53. The number of rotatable bonds is 4. The van der Waals surface area contributed by atoms with Gasteiger partial charge in [-0.05, 0) is 28.8 Å². The minimum absolute atomic E-state index is 0.105. The van der Waals surface area contributed by atoms with Crippen LogP contribution < -0.4 is 0 Å². The molecule has 0 N–H and O–H groups in total. The molecule has 1 unspecified atom stereocenters. The van der Waals surface area contributed by atoms with E-state index in [0.29, 0.717) is 21.7 Å². The molecule has 0 spiro atoms. The summed E-state index contributed by atoms with van der Waals surface area (Å²) in [7, 11) is -1.53. The zero-order chi connectivity index (χ0) is 19.1. The Morgan fingerprint density at radius 1 is 1.31 bits per heavy atom. The van der Waals surface area contributed by atoms with Crippen LogP contribution in [-0.2, 0) is 33.6 Å². The number of carbonyl (C=O) groups is 2. The fourth-order valence-corrected chi connectivity index (χ4v) is 4.98. The van der Waals surface area contributed by atoms with Crippen molar-refractivity contribution in [1.29, 1.82) is 0 Å². The SMILES string of the molecule is COC(=O)/C=C/c1ccc(Cl)c2c1C1COS(=O)(=O)N1[C@H]2CC(=O)OC. The molecule has 1 fully saturated rings. The minimum atomic E-state index is -4.01. The lowest BCUT2D eigenvalue weighted by molar-refractivity contribution is -0.141. The number of hydrogen-bond donors (Lipinski definition) is 0. The minimum Gasteiger partial charge on any atom is -0.469 e. The number of nitrogens with zero attached hydrogens (tertiary/aromatic N) is 1. The fraction of sp³-hybridized carbons (Fsp3) is 0.375. The summed E-state index contributed by atoms with van der Waals surface area (Å²) >= 11 is 6.33. The molecule has 3 rings (SSSR count). The van der Waals surface area contributed by atoms with Gasteiger partial charge in [0.2, 0.25) is 0 Å². The zero-order valence-corrected chi connectivity index (χ0v) is 15.5. The molecule has 2 aliphatic heterocycles. The maximum absolute atomic E-state index is 12.3. The number of carbonyl (C=O) groups excluding carboxylic acids is 2. The van der Waals surface area contributed by atoms with Gasteiger partial charge in [-0.3, -0.25) is 8.98 Å². The summed E-state index contributed by atoms with van der Waals surface area (Å²) in [4.78, 5) is 23.2. The second-order valence-corrected chi connectivity index (χ2v) is 7.62. The lowest BCUT2D eigenvalue weighted by Gasteiger charge is -2.20. The molecule has 1 saturated heterocycles. The van der Waals surface area contributed by atoms with Gasteiger partial charge >= 0.3 is 22.2 Å². The first kappa shape index (κ1) is 18.8. The zero-order valence-electron chi connectivity index (χ0n) is 14.0. The van der Waals surface area contributed by atoms with E-state index in [1.54, 1.807) is 12.1 Å². The van der Waals surface area contributed by atoms with E-state index < -0.39 is 34.3 Å². The van der Waals surface area contributed by atoms with Crippen LogP contribution in [0.25, 0.3) is 6.08 Å². The standard InChI is InChI=1S/C16H16ClNO7S/c1-23-13(19)6-4-9-3-5-10(17)16-11(7-14(20)24-2)18-12(15(9)16)8-25-26(18,21)22/h3-6,11-12H,7-8H2,1-2H3/b6-4+/t11-,12?/m0/s1. The van der Waals surface area contributed by atoms with Crippen LogP contribution in [0.3, 0.4) is 0 Å². The summed E-state index contributed by atoms with van der Waals surface area (Å²) in [6.45, 7) is -0.105. The lowest BCUT2D eigenvalue weighted by atomic mass is 9.95. The van der Waals surface area contributed by atoms with Gasteiger partial charge in [0.05, 0.1) is 39.3 Å². The van der Waals surface area contributed by atoms with Crippen LogP contribution in [0.4, 0.5) is 0 Å². The molecule has 0 aliphatic carbocycles. The summed E-state index contributed by atoms with van der Waals surface area (Å²) in [5.41, 5.74) is 1.71. The number of fused-ring (bicyclic) bond motifs is 3. The maximum atomic E-state index is 12.3. The summed E-state index contributed by atoms with van der Waals surface area (Å²) in [6, 6.07) is 1.79. The average molecular weight is 402 g/mol. The molecule has 0 amide bonds. The number of methoxy groups -OCH3 is 2. The largest absolute Gasteiger partial charge is 0.469 e. The molecule has 2 aliphatic rings. The average Bonchev–Trinajstić information content (AvgIpc) is 3.10. The third kappa shape index (κ3) is 3.11. The molecule has 8 nitrogen and oxygen atoms in total. The third-order valence-electron chi connectivity index (χ3n) is 4.37. The van der Waals surface area contributed by atoms with E-state index in [1.807, 2.05) is 0 Å². The highest BCUT2D eigenvalue weighted by Crippen LogP contribution is 2.53. The van der Waals surface area contributed by atoms with Gasteiger partial charge in [0.25, 0.3) is 0 Å². The van der Waals surface area contributed by atoms with Gasteiger partial charge in [-0.1, -0.05) is 17.7 Å². The Hall–Kier alpha value is -1.94. The Kier molecular flexibility index (Phi) is 5.07. The summed E-state index contributed by atoms with van der Waals surface area (Å²) in [5, 5.41) is 0.328. The molecule has 0 radical (unpaired) electrons. The van der Waals surface area contributed by atoms with Gasteiger partial charge in [0.15, 0.2) is 0 Å². The Morgan fingerprint density at radius 2 is 2.04 bits per heavy atom. The van der Waals surface area contributed by atoms with E-state index in [2.05, 4.69) is 9.47 Å². The van der Waals surface area contributed by atoms with Gasteiger partial charge < -0.3 is 9.47 Å². The number of hydrogen-bond acceptors (Lipinski definition) is 7. The van der Waals surface area contributed by atoms with Crippen molar-refractivity contribution in [3.05, 3.63) is 39.9 Å². The van der Waals surface area contributed by atoms with Crippen molar-refractivity contribution in [2.45, 2.75) is 18.5 Å². The van der Waals surface area contributed by atoms with Crippen LogP contribution in [0.1, 0.15) is 35.2 Å². The summed E-state index contributed by atoms with van der Waals surface area (Å²) in [6.07, 6.45) is 2.54. The molecule has 2 atom stereocenters. The molecule has 0 bridgehead atoms. The van der Waals surface area contributed by atoms with Crippen LogP contribution in [0.2, 0.25) is 5.02 Å². The van der Waals surface area contributed by atoms with Crippen molar-refractivity contribution >= 4 is 39.9 Å². The first-order valence-corrected chi connectivity index (χ1v) is 9.37. The van der Waals surface area contributed by atoms with Crippen molar-refractivity contribution in [2.24, 2.45) is 0 Å². The van der Waals surface area contributed by atoms with Crippen molar-refractivity contribution in [3.8, 4) is 0 Å². The van der Waals surface area contributed by atoms with E-state index in [9.17, 15) is 18.0 Å². The normalized spacial score (nSPS) is 23.7.